The van der Waals surface area contributed by atoms with Gasteiger partial charge in [-0.2, -0.15) is 4.98 Å². The van der Waals surface area contributed by atoms with Crippen molar-refractivity contribution >= 4 is 17.9 Å². The quantitative estimate of drug-likeness (QED) is 0.465. The van der Waals surface area contributed by atoms with E-state index in [2.05, 4.69) is 32.4 Å². The van der Waals surface area contributed by atoms with E-state index in [0.29, 0.717) is 11.7 Å². The molecule has 3 aromatic rings. The minimum absolute atomic E-state index is 0.145. The molecule has 2 N–H and O–H groups in total. The summed E-state index contributed by atoms with van der Waals surface area (Å²) < 4.78 is 8.09. The van der Waals surface area contributed by atoms with E-state index in [-0.39, 0.29) is 18.0 Å². The number of rotatable bonds is 7. The van der Waals surface area contributed by atoms with E-state index in [1.807, 2.05) is 45.0 Å². The SMILES string of the molecule is CCN(Cc1ccc(-n2ccc(NC(=O)n3ccnc3)nc2=O)cc1)[C@H]1CC[C@H](NC(=O)OC(C)(C)C)CC1. The first-order valence-corrected chi connectivity index (χ1v) is 13.3. The first kappa shape index (κ1) is 28.0. The first-order chi connectivity index (χ1) is 18.6. The predicted molar refractivity (Wildman–Crippen MR) is 148 cm³/mol. The maximum atomic E-state index is 12.6. The van der Waals surface area contributed by atoms with Gasteiger partial charge in [-0.25, -0.2) is 19.4 Å². The minimum Gasteiger partial charge on any atom is -0.444 e. The largest absolute Gasteiger partial charge is 0.444 e. The van der Waals surface area contributed by atoms with Gasteiger partial charge < -0.3 is 10.1 Å². The lowest BCUT2D eigenvalue weighted by atomic mass is 9.90. The van der Waals surface area contributed by atoms with Crippen molar-refractivity contribution in [2.75, 3.05) is 11.9 Å². The van der Waals surface area contributed by atoms with Crippen molar-refractivity contribution in [3.63, 3.8) is 0 Å². The molecule has 4 rings (SSSR count). The molecule has 2 heterocycles. The number of nitrogens with one attached hydrogen (secondary N) is 2. The molecule has 0 bridgehead atoms. The van der Waals surface area contributed by atoms with E-state index in [9.17, 15) is 14.4 Å². The van der Waals surface area contributed by atoms with Crippen LogP contribution in [0.2, 0.25) is 0 Å². The zero-order chi connectivity index (χ0) is 28.0. The number of carbonyl (C=O) groups excluding carboxylic acids is 2. The highest BCUT2D eigenvalue weighted by Crippen LogP contribution is 2.25. The third-order valence-electron chi connectivity index (χ3n) is 6.72. The Hall–Kier alpha value is -3.99. The van der Waals surface area contributed by atoms with E-state index >= 15 is 0 Å². The topological polar surface area (TPSA) is 123 Å². The van der Waals surface area contributed by atoms with Crippen LogP contribution in [0.4, 0.5) is 15.4 Å². The van der Waals surface area contributed by atoms with Crippen LogP contribution in [0.15, 0.2) is 60.0 Å². The van der Waals surface area contributed by atoms with Crippen molar-refractivity contribution in [3.05, 3.63) is 71.3 Å². The molecule has 0 unspecified atom stereocenters. The van der Waals surface area contributed by atoms with Crippen molar-refractivity contribution < 1.29 is 14.3 Å². The van der Waals surface area contributed by atoms with Crippen molar-refractivity contribution in [1.82, 2.24) is 29.3 Å². The second kappa shape index (κ2) is 12.2. The third-order valence-corrected chi connectivity index (χ3v) is 6.72. The second-order valence-corrected chi connectivity index (χ2v) is 10.7. The fraction of sp³-hybridized carbons (Fsp3) is 0.464. The number of hydrogen-bond donors (Lipinski definition) is 2. The number of benzene rings is 1. The molecule has 1 aliphatic carbocycles. The molecule has 1 aliphatic rings. The monoisotopic (exact) mass is 535 g/mol. The molecule has 1 fully saturated rings. The molecular formula is C28H37N7O4. The number of nitrogens with zero attached hydrogens (tertiary/aromatic N) is 5. The van der Waals surface area contributed by atoms with E-state index in [0.717, 1.165) is 44.3 Å². The Kier molecular flexibility index (Phi) is 8.80. The van der Waals surface area contributed by atoms with Gasteiger partial charge in [0, 0.05) is 37.2 Å². The summed E-state index contributed by atoms with van der Waals surface area (Å²) in [6.45, 7) is 9.49. The molecule has 2 aromatic heterocycles. The van der Waals surface area contributed by atoms with Gasteiger partial charge >= 0.3 is 17.8 Å². The van der Waals surface area contributed by atoms with Gasteiger partial charge in [-0.05, 0) is 76.8 Å². The average Bonchev–Trinajstić information content (AvgIpc) is 3.43. The molecule has 1 saturated carbocycles. The standard InChI is InChI=1S/C28H37N7O4/c1-5-33(22-12-8-21(9-13-22)30-27(38)39-28(2,3)4)18-20-6-10-23(11-7-20)35-16-14-24(32-26(35)37)31-25(36)34-17-15-29-19-34/h6-7,10-11,14-17,19,21-22H,5,8-9,12-13,18H2,1-4H3,(H,30,38)(H,31,32,36,37)/t21-,22-. The van der Waals surface area contributed by atoms with E-state index in [4.69, 9.17) is 4.74 Å². The van der Waals surface area contributed by atoms with Gasteiger partial charge in [-0.15, -0.1) is 0 Å². The fourth-order valence-electron chi connectivity index (χ4n) is 4.78. The van der Waals surface area contributed by atoms with E-state index in [1.165, 1.54) is 27.9 Å². The molecule has 0 aliphatic heterocycles. The van der Waals surface area contributed by atoms with Crippen LogP contribution in [0.3, 0.4) is 0 Å². The Morgan fingerprint density at radius 1 is 1.08 bits per heavy atom. The van der Waals surface area contributed by atoms with Gasteiger partial charge in [-0.3, -0.25) is 19.4 Å². The molecule has 208 valence electrons. The van der Waals surface area contributed by atoms with Gasteiger partial charge in [0.15, 0.2) is 0 Å². The lowest BCUT2D eigenvalue weighted by Crippen LogP contribution is -2.45. The van der Waals surface area contributed by atoms with Crippen molar-refractivity contribution in [2.45, 2.75) is 77.6 Å². The number of carbonyl (C=O) groups is 2. The van der Waals surface area contributed by atoms with Gasteiger partial charge in [0.25, 0.3) is 0 Å². The molecule has 0 atom stereocenters. The molecule has 0 saturated heterocycles. The van der Waals surface area contributed by atoms with Gasteiger partial charge in [0.1, 0.15) is 17.7 Å². The lowest BCUT2D eigenvalue weighted by molar-refractivity contribution is 0.0476. The molecule has 39 heavy (non-hydrogen) atoms. The van der Waals surface area contributed by atoms with Crippen LogP contribution in [-0.4, -0.2) is 60.4 Å². The Morgan fingerprint density at radius 2 is 1.79 bits per heavy atom. The molecule has 11 nitrogen and oxygen atoms in total. The highest BCUT2D eigenvalue weighted by Gasteiger charge is 2.27. The maximum Gasteiger partial charge on any atom is 0.407 e. The highest BCUT2D eigenvalue weighted by molar-refractivity contribution is 5.89. The zero-order valence-corrected chi connectivity index (χ0v) is 23.0. The third kappa shape index (κ3) is 7.76. The first-order valence-electron chi connectivity index (χ1n) is 13.3. The lowest BCUT2D eigenvalue weighted by Gasteiger charge is -2.36. The zero-order valence-electron chi connectivity index (χ0n) is 23.0. The predicted octanol–water partition coefficient (Wildman–Crippen LogP) is 4.17. The van der Waals surface area contributed by atoms with Crippen LogP contribution in [-0.2, 0) is 11.3 Å². The van der Waals surface area contributed by atoms with E-state index < -0.39 is 17.3 Å². The van der Waals surface area contributed by atoms with Crippen LogP contribution >= 0.6 is 0 Å². The number of amides is 2. The summed E-state index contributed by atoms with van der Waals surface area (Å²) >= 11 is 0. The smallest absolute Gasteiger partial charge is 0.407 e. The van der Waals surface area contributed by atoms with Crippen molar-refractivity contribution in [1.29, 1.82) is 0 Å². The molecule has 11 heteroatoms. The minimum atomic E-state index is -0.498. The van der Waals surface area contributed by atoms with Gasteiger partial charge in [-0.1, -0.05) is 19.1 Å². The Labute approximate surface area is 228 Å². The Bertz CT molecular complexity index is 1300. The van der Waals surface area contributed by atoms with Crippen LogP contribution in [0.1, 0.15) is 58.9 Å². The van der Waals surface area contributed by atoms with Gasteiger partial charge in [0.05, 0.1) is 5.69 Å². The van der Waals surface area contributed by atoms with E-state index in [1.54, 1.807) is 12.3 Å². The molecule has 0 radical (unpaired) electrons. The molecular weight excluding hydrogens is 498 g/mol. The van der Waals surface area contributed by atoms with Crippen molar-refractivity contribution in [3.8, 4) is 5.69 Å². The number of imidazole rings is 1. The Balaban J connectivity index is 1.31. The van der Waals surface area contributed by atoms with Crippen LogP contribution in [0.25, 0.3) is 5.69 Å². The van der Waals surface area contributed by atoms with Gasteiger partial charge in [0.2, 0.25) is 0 Å². The second-order valence-electron chi connectivity index (χ2n) is 10.7. The average molecular weight is 536 g/mol. The summed E-state index contributed by atoms with van der Waals surface area (Å²) in [7, 11) is 0. The Morgan fingerprint density at radius 3 is 2.38 bits per heavy atom. The summed E-state index contributed by atoms with van der Waals surface area (Å²) in [5.41, 5.74) is 0.862. The number of hydrogen-bond acceptors (Lipinski definition) is 7. The summed E-state index contributed by atoms with van der Waals surface area (Å²) in [5.74, 6) is 0.168. The summed E-state index contributed by atoms with van der Waals surface area (Å²) in [6, 6.07) is 9.57. The molecule has 2 amide bonds. The number of anilines is 1. The summed E-state index contributed by atoms with van der Waals surface area (Å²) in [6.07, 6.45) is 9.48. The summed E-state index contributed by atoms with van der Waals surface area (Å²) in [4.78, 5) is 47.2. The number of aromatic nitrogens is 4. The van der Waals surface area contributed by atoms with Crippen LogP contribution in [0.5, 0.6) is 0 Å². The highest BCUT2D eigenvalue weighted by atomic mass is 16.6. The van der Waals surface area contributed by atoms with Crippen LogP contribution in [0, 0.1) is 0 Å². The maximum absolute atomic E-state index is 12.6. The number of ether oxygens (including phenoxy) is 1. The van der Waals surface area contributed by atoms with Crippen LogP contribution < -0.4 is 16.3 Å². The fourth-order valence-corrected chi connectivity index (χ4v) is 4.78. The summed E-state index contributed by atoms with van der Waals surface area (Å²) in [5, 5.41) is 5.59. The molecule has 0 spiro atoms. The van der Waals surface area contributed by atoms with Crippen molar-refractivity contribution in [2.24, 2.45) is 0 Å². The normalized spacial score (nSPS) is 17.6. The number of alkyl carbamates (subject to hydrolysis) is 1. The molecule has 1 aromatic carbocycles.